The van der Waals surface area contributed by atoms with Crippen molar-refractivity contribution in [3.05, 3.63) is 76.5 Å². The Bertz CT molecular complexity index is 1240. The Hall–Kier alpha value is -3.63. The van der Waals surface area contributed by atoms with E-state index in [1.54, 1.807) is 35.3 Å². The van der Waals surface area contributed by atoms with Crippen LogP contribution < -0.4 is 9.47 Å². The lowest BCUT2D eigenvalue weighted by Crippen LogP contribution is -2.46. The van der Waals surface area contributed by atoms with E-state index in [-0.39, 0.29) is 29.8 Å². The number of hydrogen-bond acceptors (Lipinski definition) is 7. The molecule has 0 aliphatic carbocycles. The standard InChI is InChI=1S/C28H29FN2O6S/c1-3-5-21-14-20(15-23(36-4-2)26(21)37-18-19-6-8-22(29)9-7-19)16-24-27(33)31(28(34)38-24)17-25(32)30-10-12-35-13-11-30/h3,6-9,14-16H,1,4-5,10-13,17-18H2,2H3/b24-16+. The van der Waals surface area contributed by atoms with E-state index in [4.69, 9.17) is 14.2 Å². The van der Waals surface area contributed by atoms with Crippen molar-refractivity contribution in [2.75, 3.05) is 39.5 Å². The van der Waals surface area contributed by atoms with Gasteiger partial charge in [-0.2, -0.15) is 0 Å². The molecular weight excluding hydrogens is 511 g/mol. The van der Waals surface area contributed by atoms with Gasteiger partial charge in [0.2, 0.25) is 5.91 Å². The Labute approximate surface area is 225 Å². The molecule has 4 rings (SSSR count). The first-order chi connectivity index (χ1) is 18.4. The maximum absolute atomic E-state index is 13.3. The highest BCUT2D eigenvalue weighted by molar-refractivity contribution is 8.18. The Morgan fingerprint density at radius 2 is 1.89 bits per heavy atom. The van der Waals surface area contributed by atoms with Crippen molar-refractivity contribution < 1.29 is 33.0 Å². The van der Waals surface area contributed by atoms with E-state index >= 15 is 0 Å². The van der Waals surface area contributed by atoms with Crippen LogP contribution in [0.15, 0.2) is 54.0 Å². The topological polar surface area (TPSA) is 85.4 Å². The highest BCUT2D eigenvalue weighted by Crippen LogP contribution is 2.37. The summed E-state index contributed by atoms with van der Waals surface area (Å²) in [7, 11) is 0. The zero-order chi connectivity index (χ0) is 27.1. The number of carbonyl (C=O) groups excluding carboxylic acids is 3. The minimum atomic E-state index is -0.513. The average Bonchev–Trinajstić information content (AvgIpc) is 3.17. The van der Waals surface area contributed by atoms with Gasteiger partial charge in [-0.25, -0.2) is 4.39 Å². The van der Waals surface area contributed by atoms with Gasteiger partial charge in [0.25, 0.3) is 11.1 Å². The minimum absolute atomic E-state index is 0.208. The molecule has 38 heavy (non-hydrogen) atoms. The fraction of sp³-hybridized carbons (Fsp3) is 0.321. The van der Waals surface area contributed by atoms with E-state index in [0.717, 1.165) is 27.8 Å². The van der Waals surface area contributed by atoms with Crippen molar-refractivity contribution >= 4 is 34.9 Å². The Kier molecular flexibility index (Phi) is 9.19. The normalized spacial score (nSPS) is 16.7. The van der Waals surface area contributed by atoms with Gasteiger partial charge in [0.15, 0.2) is 11.5 Å². The number of halogens is 1. The highest BCUT2D eigenvalue weighted by Gasteiger charge is 2.37. The number of rotatable bonds is 10. The Morgan fingerprint density at radius 1 is 1.16 bits per heavy atom. The Balaban J connectivity index is 1.56. The maximum Gasteiger partial charge on any atom is 0.294 e. The number of nitrogens with zero attached hydrogens (tertiary/aromatic N) is 2. The van der Waals surface area contributed by atoms with E-state index in [2.05, 4.69) is 6.58 Å². The molecule has 0 spiro atoms. The summed E-state index contributed by atoms with van der Waals surface area (Å²) in [6.07, 6.45) is 3.81. The summed E-state index contributed by atoms with van der Waals surface area (Å²) in [5.74, 6) is -0.123. The Morgan fingerprint density at radius 3 is 2.58 bits per heavy atom. The molecular formula is C28H29FN2O6S. The largest absolute Gasteiger partial charge is 0.490 e. The maximum atomic E-state index is 13.3. The summed E-state index contributed by atoms with van der Waals surface area (Å²) >= 11 is 0.797. The van der Waals surface area contributed by atoms with Crippen molar-refractivity contribution in [1.82, 2.24) is 9.80 Å². The molecule has 10 heteroatoms. The number of hydrogen-bond donors (Lipinski definition) is 0. The molecule has 0 aromatic heterocycles. The van der Waals surface area contributed by atoms with Gasteiger partial charge < -0.3 is 19.1 Å². The number of benzene rings is 2. The minimum Gasteiger partial charge on any atom is -0.490 e. The van der Waals surface area contributed by atoms with Gasteiger partial charge in [-0.15, -0.1) is 6.58 Å². The molecule has 0 N–H and O–H groups in total. The number of imide groups is 1. The van der Waals surface area contributed by atoms with Crippen LogP contribution in [0, 0.1) is 5.82 Å². The average molecular weight is 541 g/mol. The molecule has 2 fully saturated rings. The van der Waals surface area contributed by atoms with Crippen LogP contribution in [-0.4, -0.2) is 66.3 Å². The molecule has 3 amide bonds. The van der Waals surface area contributed by atoms with Crippen LogP contribution in [0.25, 0.3) is 6.08 Å². The molecule has 0 radical (unpaired) electrons. The lowest BCUT2D eigenvalue weighted by molar-refractivity contribution is -0.139. The molecule has 0 bridgehead atoms. The quantitative estimate of drug-likeness (QED) is 0.326. The van der Waals surface area contributed by atoms with Gasteiger partial charge in [-0.3, -0.25) is 19.3 Å². The molecule has 2 aromatic carbocycles. The van der Waals surface area contributed by atoms with Crippen LogP contribution in [0.4, 0.5) is 9.18 Å². The first-order valence-electron chi connectivity index (χ1n) is 12.3. The van der Waals surface area contributed by atoms with Crippen molar-refractivity contribution in [3.8, 4) is 11.5 Å². The predicted octanol–water partition coefficient (Wildman–Crippen LogP) is 4.43. The smallest absolute Gasteiger partial charge is 0.294 e. The number of amides is 3. The molecule has 200 valence electrons. The predicted molar refractivity (Wildman–Crippen MR) is 142 cm³/mol. The van der Waals surface area contributed by atoms with Crippen LogP contribution in [0.1, 0.15) is 23.6 Å². The highest BCUT2D eigenvalue weighted by atomic mass is 32.2. The zero-order valence-electron chi connectivity index (χ0n) is 21.1. The lowest BCUT2D eigenvalue weighted by Gasteiger charge is -2.28. The van der Waals surface area contributed by atoms with Crippen molar-refractivity contribution in [1.29, 1.82) is 0 Å². The fourth-order valence-corrected chi connectivity index (χ4v) is 4.91. The summed E-state index contributed by atoms with van der Waals surface area (Å²) in [6.45, 7) is 7.71. The third kappa shape index (κ3) is 6.62. The van der Waals surface area contributed by atoms with E-state index in [9.17, 15) is 18.8 Å². The molecule has 0 unspecified atom stereocenters. The molecule has 2 aliphatic heterocycles. The number of allylic oxidation sites excluding steroid dienone is 1. The van der Waals surface area contributed by atoms with E-state index in [0.29, 0.717) is 56.4 Å². The van der Waals surface area contributed by atoms with Crippen molar-refractivity contribution in [2.24, 2.45) is 0 Å². The summed E-state index contributed by atoms with van der Waals surface area (Å²) in [5, 5.41) is -0.488. The number of morpholine rings is 1. The van der Waals surface area contributed by atoms with E-state index in [1.165, 1.54) is 12.1 Å². The van der Waals surface area contributed by atoms with Gasteiger partial charge in [-0.05, 0) is 66.6 Å². The summed E-state index contributed by atoms with van der Waals surface area (Å²) in [5.41, 5.74) is 2.22. The number of ether oxygens (including phenoxy) is 3. The molecule has 2 heterocycles. The van der Waals surface area contributed by atoms with Crippen molar-refractivity contribution in [3.63, 3.8) is 0 Å². The van der Waals surface area contributed by atoms with Gasteiger partial charge in [0, 0.05) is 18.7 Å². The van der Waals surface area contributed by atoms with Gasteiger partial charge in [-0.1, -0.05) is 18.2 Å². The molecule has 8 nitrogen and oxygen atoms in total. The second-order valence-electron chi connectivity index (χ2n) is 8.61. The molecule has 2 aliphatic rings. The fourth-order valence-electron chi connectivity index (χ4n) is 4.07. The SMILES string of the molecule is C=CCc1cc(/C=C2/SC(=O)N(CC(=O)N3CCOCC3)C2=O)cc(OCC)c1OCc1ccc(F)cc1. The van der Waals surface area contributed by atoms with Crippen LogP contribution in [0.5, 0.6) is 11.5 Å². The molecule has 2 saturated heterocycles. The van der Waals surface area contributed by atoms with Crippen LogP contribution in [-0.2, 0) is 27.4 Å². The van der Waals surface area contributed by atoms with E-state index in [1.807, 2.05) is 13.0 Å². The summed E-state index contributed by atoms with van der Waals surface area (Å²) in [4.78, 5) is 41.0. The van der Waals surface area contributed by atoms with Crippen LogP contribution in [0.2, 0.25) is 0 Å². The van der Waals surface area contributed by atoms with Crippen LogP contribution >= 0.6 is 11.8 Å². The third-order valence-corrected chi connectivity index (χ3v) is 6.85. The van der Waals surface area contributed by atoms with E-state index < -0.39 is 11.1 Å². The third-order valence-electron chi connectivity index (χ3n) is 5.94. The summed E-state index contributed by atoms with van der Waals surface area (Å²) < 4.78 is 30.4. The van der Waals surface area contributed by atoms with Crippen LogP contribution in [0.3, 0.4) is 0 Å². The lowest BCUT2D eigenvalue weighted by atomic mass is 10.0. The molecule has 2 aromatic rings. The first-order valence-corrected chi connectivity index (χ1v) is 13.1. The second-order valence-corrected chi connectivity index (χ2v) is 9.60. The van der Waals surface area contributed by atoms with Crippen molar-refractivity contribution in [2.45, 2.75) is 20.0 Å². The second kappa shape index (κ2) is 12.7. The monoisotopic (exact) mass is 540 g/mol. The number of carbonyl (C=O) groups is 3. The number of thioether (sulfide) groups is 1. The van der Waals surface area contributed by atoms with Gasteiger partial charge in [0.1, 0.15) is 19.0 Å². The van der Waals surface area contributed by atoms with Gasteiger partial charge >= 0.3 is 0 Å². The molecule has 0 saturated carbocycles. The van der Waals surface area contributed by atoms with Gasteiger partial charge in [0.05, 0.1) is 24.7 Å². The zero-order valence-corrected chi connectivity index (χ0v) is 21.9. The summed E-state index contributed by atoms with van der Waals surface area (Å²) in [6, 6.07) is 9.63. The molecule has 0 atom stereocenters. The first kappa shape index (κ1) is 27.4.